The maximum Gasteiger partial charge on any atom is 0.319 e. The van der Waals surface area contributed by atoms with Gasteiger partial charge in [0, 0.05) is 11.3 Å². The Morgan fingerprint density at radius 2 is 1.90 bits per heavy atom. The van der Waals surface area contributed by atoms with E-state index in [1.165, 1.54) is 11.8 Å². The summed E-state index contributed by atoms with van der Waals surface area (Å²) in [6, 6.07) is 7.26. The summed E-state index contributed by atoms with van der Waals surface area (Å²) in [5.41, 5.74) is 0.664. The third-order valence-electron chi connectivity index (χ3n) is 2.63. The number of carboxylic acids is 1. The first-order chi connectivity index (χ1) is 9.22. The van der Waals surface area contributed by atoms with E-state index in [2.05, 4.69) is 5.32 Å². The summed E-state index contributed by atoms with van der Waals surface area (Å²) in [5.74, 6) is -0.655. The molecule has 1 rings (SSSR count). The molecule has 0 atom stereocenters. The normalized spacial score (nSPS) is 11.4. The quantitative estimate of drug-likeness (QED) is 0.787. The van der Waals surface area contributed by atoms with Gasteiger partial charge in [-0.05, 0) is 31.9 Å². The van der Waals surface area contributed by atoms with E-state index in [0.717, 1.165) is 4.90 Å². The number of carbonyl (C=O) groups excluding carboxylic acids is 1. The summed E-state index contributed by atoms with van der Waals surface area (Å²) in [6.07, 6.45) is 0.446. The van der Waals surface area contributed by atoms with Gasteiger partial charge in [-0.3, -0.25) is 9.59 Å². The molecule has 110 valence electrons. The molecule has 0 saturated heterocycles. The second kappa shape index (κ2) is 6.79. The molecule has 2 N–H and O–H groups in total. The van der Waals surface area contributed by atoms with Crippen molar-refractivity contribution >= 4 is 29.3 Å². The number of para-hydroxylation sites is 1. The monoisotopic (exact) mass is 295 g/mol. The average molecular weight is 295 g/mol. The lowest BCUT2D eigenvalue weighted by Crippen LogP contribution is -2.27. The van der Waals surface area contributed by atoms with E-state index in [4.69, 9.17) is 0 Å². The molecule has 4 nitrogen and oxygen atoms in total. The van der Waals surface area contributed by atoms with E-state index in [1.807, 2.05) is 32.0 Å². The van der Waals surface area contributed by atoms with Crippen molar-refractivity contribution in [2.45, 2.75) is 43.8 Å². The fraction of sp³-hybridized carbons (Fsp3) is 0.467. The van der Waals surface area contributed by atoms with E-state index in [1.54, 1.807) is 19.9 Å². The molecular formula is C15H21NO3S. The van der Waals surface area contributed by atoms with Crippen molar-refractivity contribution in [3.05, 3.63) is 24.3 Å². The first kappa shape index (κ1) is 16.6. The molecule has 0 aromatic heterocycles. The van der Waals surface area contributed by atoms with Crippen LogP contribution < -0.4 is 5.32 Å². The number of anilines is 1. The van der Waals surface area contributed by atoms with Crippen LogP contribution in [0, 0.1) is 5.92 Å². The first-order valence-electron chi connectivity index (χ1n) is 6.53. The summed E-state index contributed by atoms with van der Waals surface area (Å²) < 4.78 is -0.946. The van der Waals surface area contributed by atoms with Gasteiger partial charge in [0.15, 0.2) is 0 Å². The van der Waals surface area contributed by atoms with E-state index in [0.29, 0.717) is 12.1 Å². The van der Waals surface area contributed by atoms with E-state index in [9.17, 15) is 14.7 Å². The summed E-state index contributed by atoms with van der Waals surface area (Å²) in [4.78, 5) is 23.8. The second-order valence-corrected chi connectivity index (χ2v) is 7.22. The van der Waals surface area contributed by atoms with E-state index < -0.39 is 10.7 Å². The summed E-state index contributed by atoms with van der Waals surface area (Å²) in [7, 11) is 0. The molecule has 1 aromatic rings. The van der Waals surface area contributed by atoms with Crippen molar-refractivity contribution < 1.29 is 14.7 Å². The van der Waals surface area contributed by atoms with Gasteiger partial charge in [-0.2, -0.15) is 0 Å². The SMILES string of the molecule is CC(C)CC(=O)Nc1ccccc1SC(C)(C)C(=O)O. The fourth-order valence-corrected chi connectivity index (χ4v) is 2.56. The van der Waals surface area contributed by atoms with Crippen molar-refractivity contribution in [2.24, 2.45) is 5.92 Å². The van der Waals surface area contributed by atoms with Crippen molar-refractivity contribution in [3.8, 4) is 0 Å². The third kappa shape index (κ3) is 4.89. The van der Waals surface area contributed by atoms with Crippen molar-refractivity contribution in [1.29, 1.82) is 0 Å². The van der Waals surface area contributed by atoms with Gasteiger partial charge in [-0.25, -0.2) is 0 Å². The second-order valence-electron chi connectivity index (χ2n) is 5.56. The number of carboxylic acid groups (broad SMARTS) is 1. The molecule has 0 aliphatic rings. The largest absolute Gasteiger partial charge is 0.480 e. The Bertz CT molecular complexity index is 498. The Morgan fingerprint density at radius 3 is 2.45 bits per heavy atom. The molecule has 0 heterocycles. The number of thioether (sulfide) groups is 1. The molecule has 0 fully saturated rings. The molecule has 0 radical (unpaired) electrons. The Balaban J connectivity index is 2.89. The Hall–Kier alpha value is -1.49. The number of nitrogens with one attached hydrogen (secondary N) is 1. The van der Waals surface area contributed by atoms with Crippen molar-refractivity contribution in [2.75, 3.05) is 5.32 Å². The minimum absolute atomic E-state index is 0.0545. The van der Waals surface area contributed by atoms with Gasteiger partial charge in [0.25, 0.3) is 0 Å². The highest BCUT2D eigenvalue weighted by atomic mass is 32.2. The van der Waals surface area contributed by atoms with E-state index in [-0.39, 0.29) is 11.8 Å². The summed E-state index contributed by atoms with van der Waals surface area (Å²) in [5, 5.41) is 12.0. The molecule has 0 aliphatic carbocycles. The smallest absolute Gasteiger partial charge is 0.319 e. The Kier molecular flexibility index (Phi) is 5.62. The number of aliphatic carboxylic acids is 1. The standard InChI is InChI=1S/C15H21NO3S/c1-10(2)9-13(17)16-11-7-5-6-8-12(11)20-15(3,4)14(18)19/h5-8,10H,9H2,1-4H3,(H,16,17)(H,18,19). The number of benzene rings is 1. The highest BCUT2D eigenvalue weighted by Gasteiger charge is 2.29. The average Bonchev–Trinajstić information content (AvgIpc) is 2.30. The molecule has 20 heavy (non-hydrogen) atoms. The molecule has 1 amide bonds. The first-order valence-corrected chi connectivity index (χ1v) is 7.35. The third-order valence-corrected chi connectivity index (χ3v) is 3.90. The molecule has 0 saturated carbocycles. The van der Waals surface area contributed by atoms with Gasteiger partial charge in [0.1, 0.15) is 4.75 Å². The number of hydrogen-bond donors (Lipinski definition) is 2. The minimum Gasteiger partial charge on any atom is -0.480 e. The lowest BCUT2D eigenvalue weighted by molar-refractivity contribution is -0.138. The van der Waals surface area contributed by atoms with Crippen LogP contribution in [0.25, 0.3) is 0 Å². The van der Waals surface area contributed by atoms with Crippen molar-refractivity contribution in [3.63, 3.8) is 0 Å². The van der Waals surface area contributed by atoms with Gasteiger partial charge < -0.3 is 10.4 Å². The van der Waals surface area contributed by atoms with Crippen LogP contribution in [0.4, 0.5) is 5.69 Å². The molecule has 0 aliphatic heterocycles. The predicted octanol–water partition coefficient (Wildman–Crippen LogP) is 3.63. The van der Waals surface area contributed by atoms with Gasteiger partial charge in [0.2, 0.25) is 5.91 Å². The van der Waals surface area contributed by atoms with Crippen LogP contribution >= 0.6 is 11.8 Å². The zero-order valence-corrected chi connectivity index (χ0v) is 13.1. The lowest BCUT2D eigenvalue weighted by Gasteiger charge is -2.20. The number of rotatable bonds is 6. The van der Waals surface area contributed by atoms with Crippen LogP contribution in [0.3, 0.4) is 0 Å². The van der Waals surface area contributed by atoms with Crippen LogP contribution in [0.15, 0.2) is 29.2 Å². The lowest BCUT2D eigenvalue weighted by atomic mass is 10.1. The van der Waals surface area contributed by atoms with Crippen LogP contribution in [0.5, 0.6) is 0 Å². The van der Waals surface area contributed by atoms with Crippen LogP contribution in [-0.2, 0) is 9.59 Å². The Morgan fingerprint density at radius 1 is 1.30 bits per heavy atom. The number of hydrogen-bond acceptors (Lipinski definition) is 3. The molecule has 5 heteroatoms. The van der Waals surface area contributed by atoms with E-state index >= 15 is 0 Å². The summed E-state index contributed by atoms with van der Waals surface area (Å²) in [6.45, 7) is 7.25. The van der Waals surface area contributed by atoms with Crippen LogP contribution in [0.2, 0.25) is 0 Å². The highest BCUT2D eigenvalue weighted by molar-refractivity contribution is 8.01. The van der Waals surface area contributed by atoms with Gasteiger partial charge >= 0.3 is 5.97 Å². The maximum absolute atomic E-state index is 11.8. The van der Waals surface area contributed by atoms with Gasteiger partial charge in [0.05, 0.1) is 5.69 Å². The fourth-order valence-electron chi connectivity index (χ4n) is 1.55. The zero-order chi connectivity index (χ0) is 15.3. The summed E-state index contributed by atoms with van der Waals surface area (Å²) >= 11 is 1.23. The number of carbonyl (C=O) groups is 2. The molecular weight excluding hydrogens is 274 g/mol. The molecule has 0 bridgehead atoms. The van der Waals surface area contributed by atoms with Crippen LogP contribution in [-0.4, -0.2) is 21.7 Å². The van der Waals surface area contributed by atoms with Crippen LogP contribution in [0.1, 0.15) is 34.1 Å². The molecule has 0 spiro atoms. The molecule has 0 unspecified atom stereocenters. The van der Waals surface area contributed by atoms with Gasteiger partial charge in [-0.1, -0.05) is 26.0 Å². The minimum atomic E-state index is -0.946. The van der Waals surface area contributed by atoms with Crippen molar-refractivity contribution in [1.82, 2.24) is 0 Å². The Labute approximate surface area is 124 Å². The topological polar surface area (TPSA) is 66.4 Å². The molecule has 1 aromatic carbocycles. The highest BCUT2D eigenvalue weighted by Crippen LogP contribution is 2.37. The van der Waals surface area contributed by atoms with Gasteiger partial charge in [-0.15, -0.1) is 11.8 Å². The maximum atomic E-state index is 11.8. The number of amides is 1. The predicted molar refractivity (Wildman–Crippen MR) is 82.1 cm³/mol. The zero-order valence-electron chi connectivity index (χ0n) is 12.3.